The first-order valence-electron chi connectivity index (χ1n) is 7.26. The molecule has 22 heavy (non-hydrogen) atoms. The molecular weight excluding hydrogens is 278 g/mol. The summed E-state index contributed by atoms with van der Waals surface area (Å²) in [6, 6.07) is 14.8. The number of benzene rings is 2. The second-order valence-electron chi connectivity index (χ2n) is 5.23. The summed E-state index contributed by atoms with van der Waals surface area (Å²) in [5, 5.41) is 2.89. The molecule has 0 spiro atoms. The van der Waals surface area contributed by atoms with Gasteiger partial charge in [0.1, 0.15) is 11.5 Å². The van der Waals surface area contributed by atoms with Gasteiger partial charge in [-0.15, -0.1) is 0 Å². The van der Waals surface area contributed by atoms with Crippen molar-refractivity contribution in [3.8, 4) is 11.5 Å². The third-order valence-corrected chi connectivity index (χ3v) is 3.08. The average molecular weight is 299 g/mol. The Kier molecular flexibility index (Phi) is 5.42. The minimum absolute atomic E-state index is 0.112. The maximum atomic E-state index is 12.1. The Morgan fingerprint density at radius 1 is 1.09 bits per heavy atom. The molecule has 0 saturated carbocycles. The minimum atomic E-state index is -0.112. The summed E-state index contributed by atoms with van der Waals surface area (Å²) in [4.78, 5) is 12.1. The first kappa shape index (κ1) is 15.9. The van der Waals surface area contributed by atoms with Gasteiger partial charge in [0.2, 0.25) is 0 Å². The van der Waals surface area contributed by atoms with Crippen molar-refractivity contribution in [1.29, 1.82) is 0 Å². The van der Waals surface area contributed by atoms with Crippen molar-refractivity contribution < 1.29 is 14.3 Å². The number of nitrogens with one attached hydrogen (secondary N) is 1. The quantitative estimate of drug-likeness (QED) is 0.889. The first-order valence-corrected chi connectivity index (χ1v) is 7.26. The van der Waals surface area contributed by atoms with Crippen LogP contribution in [-0.2, 0) is 6.54 Å². The zero-order valence-electron chi connectivity index (χ0n) is 13.1. The fourth-order valence-corrected chi connectivity index (χ4v) is 2.02. The van der Waals surface area contributed by atoms with E-state index in [0.29, 0.717) is 12.1 Å². The number of carbonyl (C=O) groups is 1. The van der Waals surface area contributed by atoms with Crippen LogP contribution >= 0.6 is 0 Å². The Balaban J connectivity index is 1.94. The summed E-state index contributed by atoms with van der Waals surface area (Å²) in [5.74, 6) is 1.43. The van der Waals surface area contributed by atoms with Crippen LogP contribution in [0.25, 0.3) is 0 Å². The molecular formula is C18H21NO3. The molecule has 0 saturated heterocycles. The molecule has 0 radical (unpaired) electrons. The van der Waals surface area contributed by atoms with Gasteiger partial charge in [0.25, 0.3) is 5.91 Å². The Morgan fingerprint density at radius 3 is 2.45 bits per heavy atom. The number of methoxy groups -OCH3 is 1. The van der Waals surface area contributed by atoms with E-state index in [1.54, 1.807) is 31.4 Å². The normalized spacial score (nSPS) is 10.4. The monoisotopic (exact) mass is 299 g/mol. The predicted octanol–water partition coefficient (Wildman–Crippen LogP) is 3.41. The summed E-state index contributed by atoms with van der Waals surface area (Å²) in [6.07, 6.45) is 0.118. The Hall–Kier alpha value is -2.49. The van der Waals surface area contributed by atoms with E-state index in [4.69, 9.17) is 9.47 Å². The van der Waals surface area contributed by atoms with Gasteiger partial charge < -0.3 is 14.8 Å². The van der Waals surface area contributed by atoms with Crippen LogP contribution in [0.15, 0.2) is 48.5 Å². The van der Waals surface area contributed by atoms with Crippen molar-refractivity contribution in [3.05, 3.63) is 59.7 Å². The molecule has 0 fully saturated rings. The van der Waals surface area contributed by atoms with Crippen molar-refractivity contribution >= 4 is 5.91 Å². The highest BCUT2D eigenvalue weighted by atomic mass is 16.5. The lowest BCUT2D eigenvalue weighted by atomic mass is 10.2. The van der Waals surface area contributed by atoms with E-state index in [2.05, 4.69) is 5.32 Å². The number of hydrogen-bond donors (Lipinski definition) is 1. The Morgan fingerprint density at radius 2 is 1.82 bits per heavy atom. The summed E-state index contributed by atoms with van der Waals surface area (Å²) in [5.41, 5.74) is 1.60. The van der Waals surface area contributed by atoms with Crippen LogP contribution in [0.4, 0.5) is 0 Å². The van der Waals surface area contributed by atoms with Gasteiger partial charge in [-0.25, -0.2) is 0 Å². The molecule has 1 amide bonds. The molecule has 2 aromatic rings. The Bertz CT molecular complexity index is 620. The third kappa shape index (κ3) is 4.52. The van der Waals surface area contributed by atoms with Crippen molar-refractivity contribution in [2.24, 2.45) is 0 Å². The van der Waals surface area contributed by atoms with Crippen molar-refractivity contribution in [1.82, 2.24) is 5.32 Å². The standard InChI is InChI=1S/C18H21NO3/c1-13(2)22-16-9-7-15(8-10-16)18(20)19-12-14-5-4-6-17(11-14)21-3/h4-11,13H,12H2,1-3H3,(H,19,20). The van der Waals surface area contributed by atoms with E-state index in [9.17, 15) is 4.79 Å². The molecule has 0 aliphatic rings. The molecule has 0 aliphatic heterocycles. The molecule has 4 nitrogen and oxygen atoms in total. The number of hydrogen-bond acceptors (Lipinski definition) is 3. The smallest absolute Gasteiger partial charge is 0.251 e. The molecule has 1 N–H and O–H groups in total. The second-order valence-corrected chi connectivity index (χ2v) is 5.23. The fraction of sp³-hybridized carbons (Fsp3) is 0.278. The maximum Gasteiger partial charge on any atom is 0.251 e. The van der Waals surface area contributed by atoms with Crippen LogP contribution < -0.4 is 14.8 Å². The number of ether oxygens (including phenoxy) is 2. The van der Waals surface area contributed by atoms with Crippen LogP contribution in [0, 0.1) is 0 Å². The predicted molar refractivity (Wildman–Crippen MR) is 86.4 cm³/mol. The van der Waals surface area contributed by atoms with E-state index >= 15 is 0 Å². The number of amides is 1. The molecule has 2 aromatic carbocycles. The van der Waals surface area contributed by atoms with Crippen LogP contribution in [0.1, 0.15) is 29.8 Å². The number of rotatable bonds is 6. The van der Waals surface area contributed by atoms with E-state index in [1.807, 2.05) is 38.1 Å². The lowest BCUT2D eigenvalue weighted by molar-refractivity contribution is 0.0951. The van der Waals surface area contributed by atoms with Crippen LogP contribution in [0.5, 0.6) is 11.5 Å². The summed E-state index contributed by atoms with van der Waals surface area (Å²) in [6.45, 7) is 4.39. The van der Waals surface area contributed by atoms with Crippen molar-refractivity contribution in [3.63, 3.8) is 0 Å². The van der Waals surface area contributed by atoms with E-state index in [1.165, 1.54) is 0 Å². The van der Waals surface area contributed by atoms with E-state index in [0.717, 1.165) is 17.1 Å². The maximum absolute atomic E-state index is 12.1. The van der Waals surface area contributed by atoms with Crippen LogP contribution in [-0.4, -0.2) is 19.1 Å². The summed E-state index contributed by atoms with van der Waals surface area (Å²) in [7, 11) is 1.62. The molecule has 0 unspecified atom stereocenters. The lowest BCUT2D eigenvalue weighted by Crippen LogP contribution is -2.22. The highest BCUT2D eigenvalue weighted by Crippen LogP contribution is 2.15. The van der Waals surface area contributed by atoms with Crippen LogP contribution in [0.3, 0.4) is 0 Å². The van der Waals surface area contributed by atoms with Crippen LogP contribution in [0.2, 0.25) is 0 Å². The molecule has 0 atom stereocenters. The second kappa shape index (κ2) is 7.50. The summed E-state index contributed by atoms with van der Waals surface area (Å²) < 4.78 is 10.7. The lowest BCUT2D eigenvalue weighted by Gasteiger charge is -2.10. The zero-order valence-corrected chi connectivity index (χ0v) is 13.1. The fourth-order valence-electron chi connectivity index (χ4n) is 2.02. The highest BCUT2D eigenvalue weighted by Gasteiger charge is 2.06. The van der Waals surface area contributed by atoms with Crippen molar-refractivity contribution in [2.45, 2.75) is 26.5 Å². The van der Waals surface area contributed by atoms with Gasteiger partial charge in [-0.05, 0) is 55.8 Å². The molecule has 0 heterocycles. The first-order chi connectivity index (χ1) is 10.6. The SMILES string of the molecule is COc1cccc(CNC(=O)c2ccc(OC(C)C)cc2)c1. The van der Waals surface area contributed by atoms with Gasteiger partial charge in [0.15, 0.2) is 0 Å². The van der Waals surface area contributed by atoms with Gasteiger partial charge in [-0.1, -0.05) is 12.1 Å². The molecule has 0 aliphatic carbocycles. The van der Waals surface area contributed by atoms with Gasteiger partial charge in [0.05, 0.1) is 13.2 Å². The largest absolute Gasteiger partial charge is 0.497 e. The molecule has 4 heteroatoms. The van der Waals surface area contributed by atoms with Gasteiger partial charge in [-0.3, -0.25) is 4.79 Å². The van der Waals surface area contributed by atoms with Gasteiger partial charge in [0, 0.05) is 12.1 Å². The van der Waals surface area contributed by atoms with E-state index < -0.39 is 0 Å². The molecule has 0 aromatic heterocycles. The summed E-state index contributed by atoms with van der Waals surface area (Å²) >= 11 is 0. The molecule has 0 bridgehead atoms. The van der Waals surface area contributed by atoms with Gasteiger partial charge in [-0.2, -0.15) is 0 Å². The average Bonchev–Trinajstić information content (AvgIpc) is 2.53. The van der Waals surface area contributed by atoms with Gasteiger partial charge >= 0.3 is 0 Å². The topological polar surface area (TPSA) is 47.6 Å². The zero-order chi connectivity index (χ0) is 15.9. The van der Waals surface area contributed by atoms with E-state index in [-0.39, 0.29) is 12.0 Å². The Labute approximate surface area is 131 Å². The minimum Gasteiger partial charge on any atom is -0.497 e. The highest BCUT2D eigenvalue weighted by molar-refractivity contribution is 5.94. The molecule has 116 valence electrons. The molecule has 2 rings (SSSR count). The third-order valence-electron chi connectivity index (χ3n) is 3.08. The number of carbonyl (C=O) groups excluding carboxylic acids is 1. The van der Waals surface area contributed by atoms with Crippen molar-refractivity contribution in [2.75, 3.05) is 7.11 Å².